The molecule has 0 fully saturated rings. The number of pyridine rings is 1. The van der Waals surface area contributed by atoms with Gasteiger partial charge in [-0.05, 0) is 49.2 Å². The third-order valence-corrected chi connectivity index (χ3v) is 5.52. The van der Waals surface area contributed by atoms with Gasteiger partial charge >= 0.3 is 5.97 Å². The molecule has 0 saturated carbocycles. The molecule has 0 spiro atoms. The highest BCUT2D eigenvalue weighted by Gasteiger charge is 2.37. The minimum Gasteiger partial charge on any atom is -0.487 e. The number of nitrogens with one attached hydrogen (secondary N) is 1. The van der Waals surface area contributed by atoms with Gasteiger partial charge < -0.3 is 15.2 Å². The van der Waals surface area contributed by atoms with Crippen LogP contribution in [0, 0.1) is 11.2 Å². The van der Waals surface area contributed by atoms with Gasteiger partial charge in [-0.1, -0.05) is 26.0 Å². The molecule has 1 amide bonds. The smallest absolute Gasteiger partial charge is 0.310 e. The number of hydrogen-bond donors (Lipinski definition) is 2. The number of fused-ring (bicyclic) bond motifs is 1. The number of carboxylic acid groups (broad SMARTS) is 1. The molecule has 31 heavy (non-hydrogen) atoms. The average Bonchev–Trinajstić information content (AvgIpc) is 2.76. The maximum Gasteiger partial charge on any atom is 0.310 e. The second-order valence-electron chi connectivity index (χ2n) is 7.47. The van der Waals surface area contributed by atoms with E-state index in [9.17, 15) is 19.1 Å². The largest absolute Gasteiger partial charge is 0.487 e. The zero-order chi connectivity index (χ0) is 22.4. The summed E-state index contributed by atoms with van der Waals surface area (Å²) in [5.74, 6) is -1.09. The first-order valence-corrected chi connectivity index (χ1v) is 10.2. The Bertz CT molecular complexity index is 1100. The summed E-state index contributed by atoms with van der Waals surface area (Å²) in [6.07, 6.45) is 0.656. The Hall–Kier alpha value is -3.48. The third kappa shape index (κ3) is 5.36. The van der Waals surface area contributed by atoms with Crippen molar-refractivity contribution < 1.29 is 23.8 Å². The number of nitrogens with zero attached hydrogens (tertiary/aromatic N) is 1. The van der Waals surface area contributed by atoms with Crippen molar-refractivity contribution in [3.05, 3.63) is 66.1 Å². The molecule has 2 N–H and O–H groups in total. The van der Waals surface area contributed by atoms with Crippen LogP contribution in [0.3, 0.4) is 0 Å². The standard InChI is InChI=1S/C24H25FN2O4/c1-3-24(4-2,23(29)30)14-22(28)27-18-6-5-7-20(13-18)31-15-19-10-8-16-12-17(25)9-11-21(16)26-19/h5-13H,3-4,14-15H2,1-2H3,(H,27,28)(H,29,30). The van der Waals surface area contributed by atoms with Gasteiger partial charge in [-0.15, -0.1) is 0 Å². The first-order chi connectivity index (χ1) is 14.8. The Labute approximate surface area is 180 Å². The molecule has 1 heterocycles. The number of rotatable bonds is 9. The molecule has 0 atom stereocenters. The molecule has 0 unspecified atom stereocenters. The maximum atomic E-state index is 13.3. The van der Waals surface area contributed by atoms with E-state index in [4.69, 9.17) is 4.74 Å². The number of halogens is 1. The minimum absolute atomic E-state index is 0.0952. The number of hydrogen-bond acceptors (Lipinski definition) is 4. The SMILES string of the molecule is CCC(CC)(CC(=O)Nc1cccc(OCc2ccc3cc(F)ccc3n2)c1)C(=O)O. The molecule has 7 heteroatoms. The van der Waals surface area contributed by atoms with Gasteiger partial charge in [0.15, 0.2) is 0 Å². The van der Waals surface area contributed by atoms with Gasteiger partial charge in [0.2, 0.25) is 5.91 Å². The summed E-state index contributed by atoms with van der Waals surface area (Å²) in [4.78, 5) is 28.5. The molecule has 3 aromatic rings. The summed E-state index contributed by atoms with van der Waals surface area (Å²) in [5, 5.41) is 13.0. The molecule has 1 aromatic heterocycles. The molecular formula is C24H25FN2O4. The molecule has 0 aliphatic heterocycles. The summed E-state index contributed by atoms with van der Waals surface area (Å²) in [7, 11) is 0. The molecule has 6 nitrogen and oxygen atoms in total. The molecule has 0 radical (unpaired) electrons. The number of aliphatic carboxylic acids is 1. The van der Waals surface area contributed by atoms with Gasteiger partial charge in [-0.3, -0.25) is 9.59 Å². The van der Waals surface area contributed by atoms with Crippen LogP contribution in [0.25, 0.3) is 10.9 Å². The lowest BCUT2D eigenvalue weighted by Crippen LogP contribution is -2.34. The van der Waals surface area contributed by atoms with E-state index in [0.717, 1.165) is 0 Å². The van der Waals surface area contributed by atoms with Crippen LogP contribution >= 0.6 is 0 Å². The van der Waals surface area contributed by atoms with Crippen molar-refractivity contribution in [1.82, 2.24) is 4.98 Å². The van der Waals surface area contributed by atoms with E-state index in [1.807, 2.05) is 0 Å². The fraction of sp³-hybridized carbons (Fsp3) is 0.292. The van der Waals surface area contributed by atoms with E-state index < -0.39 is 11.4 Å². The summed E-state index contributed by atoms with van der Waals surface area (Å²) in [5.41, 5.74) is 0.821. The topological polar surface area (TPSA) is 88.5 Å². The van der Waals surface area contributed by atoms with E-state index in [1.54, 1.807) is 56.3 Å². The Morgan fingerprint density at radius 3 is 2.58 bits per heavy atom. The van der Waals surface area contributed by atoms with E-state index in [1.165, 1.54) is 12.1 Å². The van der Waals surface area contributed by atoms with E-state index in [-0.39, 0.29) is 24.8 Å². The fourth-order valence-electron chi connectivity index (χ4n) is 3.43. The Morgan fingerprint density at radius 2 is 1.87 bits per heavy atom. The predicted octanol–water partition coefficient (Wildman–Crippen LogP) is 5.17. The Morgan fingerprint density at radius 1 is 1.10 bits per heavy atom. The van der Waals surface area contributed by atoms with Crippen LogP contribution < -0.4 is 10.1 Å². The maximum absolute atomic E-state index is 13.3. The van der Waals surface area contributed by atoms with E-state index in [0.29, 0.717) is 40.9 Å². The quantitative estimate of drug-likeness (QED) is 0.495. The number of benzene rings is 2. The van der Waals surface area contributed by atoms with Crippen LogP contribution in [-0.4, -0.2) is 22.0 Å². The average molecular weight is 424 g/mol. The number of anilines is 1. The molecular weight excluding hydrogens is 399 g/mol. The van der Waals surface area contributed by atoms with Crippen molar-refractivity contribution in [3.8, 4) is 5.75 Å². The van der Waals surface area contributed by atoms with Crippen LogP contribution in [0.15, 0.2) is 54.6 Å². The highest BCUT2D eigenvalue weighted by molar-refractivity contribution is 5.94. The Kier molecular flexibility index (Phi) is 6.84. The van der Waals surface area contributed by atoms with Crippen molar-refractivity contribution in [2.75, 3.05) is 5.32 Å². The monoisotopic (exact) mass is 424 g/mol. The molecule has 0 saturated heterocycles. The lowest BCUT2D eigenvalue weighted by atomic mass is 9.79. The number of carbonyl (C=O) groups is 2. The van der Waals surface area contributed by atoms with Gasteiger partial charge in [0.05, 0.1) is 16.6 Å². The zero-order valence-electron chi connectivity index (χ0n) is 17.5. The minimum atomic E-state index is -1.07. The lowest BCUT2D eigenvalue weighted by Gasteiger charge is -2.25. The highest BCUT2D eigenvalue weighted by Crippen LogP contribution is 2.31. The Balaban J connectivity index is 1.64. The van der Waals surface area contributed by atoms with Crippen molar-refractivity contribution in [2.24, 2.45) is 5.41 Å². The second-order valence-corrected chi connectivity index (χ2v) is 7.47. The van der Waals surface area contributed by atoms with E-state index in [2.05, 4.69) is 10.3 Å². The van der Waals surface area contributed by atoms with Crippen molar-refractivity contribution in [3.63, 3.8) is 0 Å². The number of carbonyl (C=O) groups excluding carboxylic acids is 1. The molecule has 162 valence electrons. The van der Waals surface area contributed by atoms with Crippen LogP contribution in [0.4, 0.5) is 10.1 Å². The number of aromatic nitrogens is 1. The van der Waals surface area contributed by atoms with Crippen molar-refractivity contribution in [2.45, 2.75) is 39.7 Å². The molecule has 2 aromatic carbocycles. The van der Waals surface area contributed by atoms with E-state index >= 15 is 0 Å². The molecule has 0 bridgehead atoms. The van der Waals surface area contributed by atoms with Crippen LogP contribution in [0.5, 0.6) is 5.75 Å². The normalized spacial score (nSPS) is 11.3. The highest BCUT2D eigenvalue weighted by atomic mass is 19.1. The summed E-state index contributed by atoms with van der Waals surface area (Å²) in [6.45, 7) is 3.76. The van der Waals surface area contributed by atoms with Crippen LogP contribution in [0.1, 0.15) is 38.8 Å². The summed E-state index contributed by atoms with van der Waals surface area (Å²) >= 11 is 0. The van der Waals surface area contributed by atoms with Gasteiger partial charge in [0.25, 0.3) is 0 Å². The molecule has 3 rings (SSSR count). The van der Waals surface area contributed by atoms with Crippen LogP contribution in [0.2, 0.25) is 0 Å². The fourth-order valence-corrected chi connectivity index (χ4v) is 3.43. The zero-order valence-corrected chi connectivity index (χ0v) is 17.5. The van der Waals surface area contributed by atoms with Gasteiger partial charge in [-0.25, -0.2) is 9.37 Å². The van der Waals surface area contributed by atoms with Crippen LogP contribution in [-0.2, 0) is 16.2 Å². The summed E-state index contributed by atoms with van der Waals surface area (Å²) in [6, 6.07) is 14.9. The van der Waals surface area contributed by atoms with Crippen molar-refractivity contribution >= 4 is 28.5 Å². The first-order valence-electron chi connectivity index (χ1n) is 10.2. The van der Waals surface area contributed by atoms with Gasteiger partial charge in [-0.2, -0.15) is 0 Å². The lowest BCUT2D eigenvalue weighted by molar-refractivity contribution is -0.151. The number of carboxylic acids is 1. The summed E-state index contributed by atoms with van der Waals surface area (Å²) < 4.78 is 19.1. The second kappa shape index (κ2) is 9.55. The van der Waals surface area contributed by atoms with Crippen molar-refractivity contribution in [1.29, 1.82) is 0 Å². The van der Waals surface area contributed by atoms with Gasteiger partial charge in [0, 0.05) is 23.6 Å². The number of ether oxygens (including phenoxy) is 1. The first kappa shape index (κ1) is 22.2. The third-order valence-electron chi connectivity index (χ3n) is 5.52. The predicted molar refractivity (Wildman–Crippen MR) is 116 cm³/mol. The van der Waals surface area contributed by atoms with Gasteiger partial charge in [0.1, 0.15) is 18.2 Å². The molecule has 0 aliphatic carbocycles. The molecule has 0 aliphatic rings. The number of amides is 1.